The SMILES string of the molecule is CCCn1cc(C(C(=O)O)N(C=O)C(C)C)cn1. The van der Waals surface area contributed by atoms with Crippen LogP contribution in [0.15, 0.2) is 12.4 Å². The minimum Gasteiger partial charge on any atom is -0.479 e. The van der Waals surface area contributed by atoms with Crippen molar-refractivity contribution >= 4 is 12.4 Å². The molecule has 0 aromatic carbocycles. The van der Waals surface area contributed by atoms with Gasteiger partial charge in [0.2, 0.25) is 6.41 Å². The van der Waals surface area contributed by atoms with Crippen LogP contribution in [-0.4, -0.2) is 38.2 Å². The second-order valence-electron chi connectivity index (χ2n) is 4.42. The van der Waals surface area contributed by atoms with Gasteiger partial charge in [-0.15, -0.1) is 0 Å². The van der Waals surface area contributed by atoms with Crippen molar-refractivity contribution in [3.05, 3.63) is 18.0 Å². The van der Waals surface area contributed by atoms with E-state index in [0.29, 0.717) is 12.0 Å². The molecule has 0 fully saturated rings. The van der Waals surface area contributed by atoms with E-state index in [-0.39, 0.29) is 6.04 Å². The van der Waals surface area contributed by atoms with Crippen LogP contribution >= 0.6 is 0 Å². The molecule has 1 atom stereocenters. The Morgan fingerprint density at radius 2 is 2.28 bits per heavy atom. The fraction of sp³-hybridized carbons (Fsp3) is 0.583. The molecule has 0 saturated carbocycles. The summed E-state index contributed by atoms with van der Waals surface area (Å²) in [5.41, 5.74) is 0.525. The summed E-state index contributed by atoms with van der Waals surface area (Å²) < 4.78 is 1.69. The third-order valence-corrected chi connectivity index (χ3v) is 2.67. The number of aryl methyl sites for hydroxylation is 1. The molecule has 1 N–H and O–H groups in total. The van der Waals surface area contributed by atoms with E-state index in [9.17, 15) is 14.7 Å². The number of amides is 1. The van der Waals surface area contributed by atoms with Crippen LogP contribution in [0, 0.1) is 0 Å². The molecule has 0 radical (unpaired) electrons. The molecule has 1 heterocycles. The summed E-state index contributed by atoms with van der Waals surface area (Å²) >= 11 is 0. The zero-order valence-electron chi connectivity index (χ0n) is 10.9. The van der Waals surface area contributed by atoms with E-state index in [1.165, 1.54) is 11.1 Å². The van der Waals surface area contributed by atoms with Crippen LogP contribution < -0.4 is 0 Å². The number of hydrogen-bond donors (Lipinski definition) is 1. The molecule has 1 rings (SSSR count). The first-order valence-electron chi connectivity index (χ1n) is 5.99. The smallest absolute Gasteiger partial charge is 0.331 e. The van der Waals surface area contributed by atoms with Gasteiger partial charge in [-0.25, -0.2) is 4.79 Å². The van der Waals surface area contributed by atoms with Gasteiger partial charge in [-0.2, -0.15) is 5.10 Å². The zero-order valence-corrected chi connectivity index (χ0v) is 10.9. The maximum absolute atomic E-state index is 11.3. The lowest BCUT2D eigenvalue weighted by molar-refractivity contribution is -0.148. The van der Waals surface area contributed by atoms with Gasteiger partial charge in [-0.1, -0.05) is 6.92 Å². The first-order chi connectivity index (χ1) is 8.51. The molecule has 0 aliphatic carbocycles. The summed E-state index contributed by atoms with van der Waals surface area (Å²) in [5.74, 6) is -1.05. The van der Waals surface area contributed by atoms with Crippen LogP contribution in [0.3, 0.4) is 0 Å². The zero-order chi connectivity index (χ0) is 13.7. The summed E-state index contributed by atoms with van der Waals surface area (Å²) in [6.07, 6.45) is 4.68. The monoisotopic (exact) mass is 253 g/mol. The molecule has 6 nitrogen and oxygen atoms in total. The molecular weight excluding hydrogens is 234 g/mol. The number of carbonyl (C=O) groups is 2. The number of rotatable bonds is 7. The van der Waals surface area contributed by atoms with Crippen molar-refractivity contribution in [3.63, 3.8) is 0 Å². The number of aliphatic carboxylic acids is 1. The number of carboxylic acids is 1. The van der Waals surface area contributed by atoms with Crippen molar-refractivity contribution in [1.29, 1.82) is 0 Å². The number of carboxylic acid groups (broad SMARTS) is 1. The highest BCUT2D eigenvalue weighted by Crippen LogP contribution is 2.21. The van der Waals surface area contributed by atoms with E-state index < -0.39 is 12.0 Å². The summed E-state index contributed by atoms with van der Waals surface area (Å²) in [6, 6.07) is -1.16. The van der Waals surface area contributed by atoms with Gasteiger partial charge in [0.25, 0.3) is 0 Å². The highest BCUT2D eigenvalue weighted by molar-refractivity contribution is 5.78. The Morgan fingerprint density at radius 1 is 1.61 bits per heavy atom. The van der Waals surface area contributed by atoms with Crippen molar-refractivity contribution in [1.82, 2.24) is 14.7 Å². The van der Waals surface area contributed by atoms with Gasteiger partial charge in [0.15, 0.2) is 6.04 Å². The molecule has 0 bridgehead atoms. The minimum absolute atomic E-state index is 0.182. The van der Waals surface area contributed by atoms with Crippen molar-refractivity contribution < 1.29 is 14.7 Å². The van der Waals surface area contributed by atoms with Crippen molar-refractivity contribution in [3.8, 4) is 0 Å². The quantitative estimate of drug-likeness (QED) is 0.743. The van der Waals surface area contributed by atoms with Crippen LogP contribution in [0.2, 0.25) is 0 Å². The topological polar surface area (TPSA) is 75.4 Å². The lowest BCUT2D eigenvalue weighted by Crippen LogP contribution is -2.37. The summed E-state index contributed by atoms with van der Waals surface area (Å²) in [6.45, 7) is 6.30. The first-order valence-corrected chi connectivity index (χ1v) is 5.99. The predicted molar refractivity (Wildman–Crippen MR) is 65.9 cm³/mol. The number of nitrogens with zero attached hydrogens (tertiary/aromatic N) is 3. The highest BCUT2D eigenvalue weighted by Gasteiger charge is 2.29. The van der Waals surface area contributed by atoms with Gasteiger partial charge in [0.1, 0.15) is 0 Å². The van der Waals surface area contributed by atoms with Gasteiger partial charge in [-0.05, 0) is 20.3 Å². The number of aromatic nitrogens is 2. The number of carbonyl (C=O) groups excluding carboxylic acids is 1. The molecule has 0 aliphatic rings. The van der Waals surface area contributed by atoms with E-state index in [1.54, 1.807) is 24.7 Å². The Kier molecular flexibility index (Phi) is 4.88. The van der Waals surface area contributed by atoms with E-state index in [0.717, 1.165) is 13.0 Å². The van der Waals surface area contributed by atoms with Crippen LogP contribution in [0.1, 0.15) is 38.8 Å². The van der Waals surface area contributed by atoms with E-state index in [2.05, 4.69) is 5.10 Å². The molecule has 1 aromatic rings. The van der Waals surface area contributed by atoms with E-state index >= 15 is 0 Å². The summed E-state index contributed by atoms with van der Waals surface area (Å²) in [5, 5.41) is 13.4. The Bertz CT molecular complexity index is 414. The van der Waals surface area contributed by atoms with Gasteiger partial charge in [-0.3, -0.25) is 9.48 Å². The third-order valence-electron chi connectivity index (χ3n) is 2.67. The van der Waals surface area contributed by atoms with Gasteiger partial charge in [0.05, 0.1) is 6.20 Å². The molecule has 1 unspecified atom stereocenters. The van der Waals surface area contributed by atoms with Crippen LogP contribution in [-0.2, 0) is 16.1 Å². The Balaban J connectivity index is 3.03. The lowest BCUT2D eigenvalue weighted by Gasteiger charge is -2.27. The van der Waals surface area contributed by atoms with Gasteiger partial charge in [0, 0.05) is 24.3 Å². The molecule has 0 spiro atoms. The standard InChI is InChI=1S/C12H19N3O3/c1-4-5-14-7-10(6-13-14)11(12(17)18)15(8-16)9(2)3/h6-9,11H,4-5H2,1-3H3,(H,17,18). The minimum atomic E-state index is -1.05. The van der Waals surface area contributed by atoms with Crippen LogP contribution in [0.4, 0.5) is 0 Å². The van der Waals surface area contributed by atoms with Gasteiger partial charge < -0.3 is 10.0 Å². The fourth-order valence-corrected chi connectivity index (χ4v) is 1.80. The largest absolute Gasteiger partial charge is 0.479 e. The Morgan fingerprint density at radius 3 is 2.72 bits per heavy atom. The summed E-state index contributed by atoms with van der Waals surface area (Å²) in [7, 11) is 0. The molecule has 18 heavy (non-hydrogen) atoms. The normalized spacial score (nSPS) is 12.4. The van der Waals surface area contributed by atoms with Gasteiger partial charge >= 0.3 is 5.97 Å². The van der Waals surface area contributed by atoms with E-state index in [4.69, 9.17) is 0 Å². The van der Waals surface area contributed by atoms with Crippen LogP contribution in [0.25, 0.3) is 0 Å². The molecular formula is C12H19N3O3. The molecule has 100 valence electrons. The first kappa shape index (κ1) is 14.2. The Labute approximate surface area is 106 Å². The average Bonchev–Trinajstić information content (AvgIpc) is 2.73. The third kappa shape index (κ3) is 3.09. The maximum atomic E-state index is 11.3. The predicted octanol–water partition coefficient (Wildman–Crippen LogP) is 1.29. The average molecular weight is 253 g/mol. The highest BCUT2D eigenvalue weighted by atomic mass is 16.4. The summed E-state index contributed by atoms with van der Waals surface area (Å²) in [4.78, 5) is 23.6. The van der Waals surface area contributed by atoms with Crippen molar-refractivity contribution in [2.24, 2.45) is 0 Å². The number of hydrogen-bond acceptors (Lipinski definition) is 3. The molecule has 1 aromatic heterocycles. The lowest BCUT2D eigenvalue weighted by atomic mass is 10.1. The molecule has 0 saturated heterocycles. The van der Waals surface area contributed by atoms with Crippen molar-refractivity contribution in [2.75, 3.05) is 0 Å². The van der Waals surface area contributed by atoms with Crippen LogP contribution in [0.5, 0.6) is 0 Å². The fourth-order valence-electron chi connectivity index (χ4n) is 1.80. The molecule has 1 amide bonds. The molecule has 0 aliphatic heterocycles. The molecule has 6 heteroatoms. The Hall–Kier alpha value is -1.85. The second-order valence-corrected chi connectivity index (χ2v) is 4.42. The van der Waals surface area contributed by atoms with E-state index in [1.807, 2.05) is 6.92 Å². The second kappa shape index (κ2) is 6.18. The maximum Gasteiger partial charge on any atom is 0.331 e. The van der Waals surface area contributed by atoms with Crippen molar-refractivity contribution in [2.45, 2.75) is 45.8 Å².